The van der Waals surface area contributed by atoms with Crippen LogP contribution in [0.4, 0.5) is 5.69 Å². The number of carbonyl (C=O) groups excluding carboxylic acids is 1. The van der Waals surface area contributed by atoms with Gasteiger partial charge in [-0.3, -0.25) is 10.6 Å². The molecule has 7 nitrogen and oxygen atoms in total. The lowest BCUT2D eigenvalue weighted by Crippen LogP contribution is -2.33. The highest BCUT2D eigenvalue weighted by molar-refractivity contribution is 7.89. The van der Waals surface area contributed by atoms with E-state index in [1.54, 1.807) is 25.1 Å². The van der Waals surface area contributed by atoms with Crippen LogP contribution in [0.15, 0.2) is 18.2 Å². The summed E-state index contributed by atoms with van der Waals surface area (Å²) in [5, 5.41) is 2.56. The molecule has 0 fully saturated rings. The first kappa shape index (κ1) is 15.4. The van der Waals surface area contributed by atoms with E-state index in [4.69, 9.17) is 5.84 Å². The smallest absolute Gasteiger partial charge is 0.251 e. The largest absolute Gasteiger partial charge is 0.351 e. The van der Waals surface area contributed by atoms with Crippen LogP contribution in [0, 0.1) is 6.92 Å². The van der Waals surface area contributed by atoms with Crippen molar-refractivity contribution in [2.24, 2.45) is 5.84 Å². The first-order chi connectivity index (χ1) is 8.89. The molecule has 0 radical (unpaired) electrons. The first-order valence-electron chi connectivity index (χ1n) is 5.66. The van der Waals surface area contributed by atoms with Crippen LogP contribution in [0.2, 0.25) is 0 Å². The second-order valence-corrected chi connectivity index (χ2v) is 6.00. The van der Waals surface area contributed by atoms with E-state index in [1.165, 1.54) is 7.05 Å². The van der Waals surface area contributed by atoms with E-state index in [9.17, 15) is 13.2 Å². The number of hydrogen-bond donors (Lipinski definition) is 4. The number of anilines is 1. The van der Waals surface area contributed by atoms with Gasteiger partial charge in [0.2, 0.25) is 10.0 Å². The molecule has 0 heterocycles. The summed E-state index contributed by atoms with van der Waals surface area (Å²) < 4.78 is 24.5. The van der Waals surface area contributed by atoms with Crippen molar-refractivity contribution in [2.75, 3.05) is 24.8 Å². The number of rotatable bonds is 6. The Labute approximate surface area is 112 Å². The van der Waals surface area contributed by atoms with Gasteiger partial charge >= 0.3 is 0 Å². The van der Waals surface area contributed by atoms with Crippen LogP contribution in [0.5, 0.6) is 0 Å². The molecule has 1 amide bonds. The summed E-state index contributed by atoms with van der Waals surface area (Å²) in [5.41, 5.74) is 4.43. The minimum Gasteiger partial charge on any atom is -0.351 e. The van der Waals surface area contributed by atoms with E-state index in [0.717, 1.165) is 5.56 Å². The Morgan fingerprint density at radius 2 is 2.05 bits per heavy atom. The van der Waals surface area contributed by atoms with Gasteiger partial charge in [0, 0.05) is 17.8 Å². The molecule has 1 aromatic carbocycles. The van der Waals surface area contributed by atoms with Gasteiger partial charge in [0.15, 0.2) is 0 Å². The maximum absolute atomic E-state index is 11.9. The number of hydrazine groups is 1. The number of nitrogens with one attached hydrogen (secondary N) is 3. The van der Waals surface area contributed by atoms with Crippen LogP contribution in [-0.4, -0.2) is 33.7 Å². The summed E-state index contributed by atoms with van der Waals surface area (Å²) in [5.74, 6) is 4.80. The van der Waals surface area contributed by atoms with Gasteiger partial charge in [-0.25, -0.2) is 13.1 Å². The maximum atomic E-state index is 11.9. The average molecular weight is 286 g/mol. The van der Waals surface area contributed by atoms with Crippen molar-refractivity contribution >= 4 is 21.6 Å². The molecule has 0 bridgehead atoms. The first-order valence-corrected chi connectivity index (χ1v) is 7.31. The van der Waals surface area contributed by atoms with E-state index in [2.05, 4.69) is 15.5 Å². The fraction of sp³-hybridized carbons (Fsp3) is 0.364. The van der Waals surface area contributed by atoms with Crippen molar-refractivity contribution in [1.82, 2.24) is 10.0 Å². The third-order valence-electron chi connectivity index (χ3n) is 2.61. The Morgan fingerprint density at radius 1 is 1.37 bits per heavy atom. The zero-order chi connectivity index (χ0) is 14.5. The standard InChI is InChI=1S/C11H18N4O3S/c1-8-7-9(15-12)3-4-10(8)11(16)14-5-6-19(17,18)13-2/h3-4,7,13,15H,5-6,12H2,1-2H3,(H,14,16). The Balaban J connectivity index is 2.64. The molecule has 0 saturated heterocycles. The van der Waals surface area contributed by atoms with E-state index < -0.39 is 10.0 Å². The molecule has 19 heavy (non-hydrogen) atoms. The zero-order valence-corrected chi connectivity index (χ0v) is 11.7. The van der Waals surface area contributed by atoms with E-state index in [0.29, 0.717) is 11.3 Å². The fourth-order valence-corrected chi connectivity index (χ4v) is 2.08. The van der Waals surface area contributed by atoms with Gasteiger partial charge in [0.1, 0.15) is 0 Å². The fourth-order valence-electron chi connectivity index (χ4n) is 1.50. The van der Waals surface area contributed by atoms with Crippen molar-refractivity contribution < 1.29 is 13.2 Å². The summed E-state index contributed by atoms with van der Waals surface area (Å²) in [4.78, 5) is 11.9. The Bertz CT molecular complexity index is 557. The minimum atomic E-state index is -3.31. The predicted molar refractivity (Wildman–Crippen MR) is 74.2 cm³/mol. The number of amides is 1. The average Bonchev–Trinajstić information content (AvgIpc) is 2.38. The Hall–Kier alpha value is -1.64. The number of nitrogens with two attached hydrogens (primary N) is 1. The van der Waals surface area contributed by atoms with Crippen LogP contribution in [0.25, 0.3) is 0 Å². The lowest BCUT2D eigenvalue weighted by molar-refractivity contribution is 0.0955. The number of sulfonamides is 1. The van der Waals surface area contributed by atoms with Gasteiger partial charge in [0.05, 0.1) is 5.75 Å². The summed E-state index contributed by atoms with van der Waals surface area (Å²) in [6.45, 7) is 1.83. The topological polar surface area (TPSA) is 113 Å². The Kier molecular flexibility index (Phi) is 5.28. The summed E-state index contributed by atoms with van der Waals surface area (Å²) in [7, 11) is -1.98. The van der Waals surface area contributed by atoms with Crippen LogP contribution >= 0.6 is 0 Å². The van der Waals surface area contributed by atoms with Crippen molar-refractivity contribution in [3.8, 4) is 0 Å². The zero-order valence-electron chi connectivity index (χ0n) is 10.9. The molecular weight excluding hydrogens is 268 g/mol. The van der Waals surface area contributed by atoms with E-state index in [1.807, 2.05) is 0 Å². The van der Waals surface area contributed by atoms with Crippen molar-refractivity contribution in [3.05, 3.63) is 29.3 Å². The van der Waals surface area contributed by atoms with Gasteiger partial charge in [-0.05, 0) is 37.7 Å². The molecule has 0 spiro atoms. The number of carbonyl (C=O) groups is 1. The summed E-state index contributed by atoms with van der Waals surface area (Å²) in [6.07, 6.45) is 0. The quantitative estimate of drug-likeness (QED) is 0.418. The molecular formula is C11H18N4O3S. The second kappa shape index (κ2) is 6.50. The number of aryl methyl sites for hydroxylation is 1. The monoisotopic (exact) mass is 286 g/mol. The van der Waals surface area contributed by atoms with Crippen LogP contribution in [0.3, 0.4) is 0 Å². The van der Waals surface area contributed by atoms with Gasteiger partial charge < -0.3 is 10.7 Å². The normalized spacial score (nSPS) is 11.1. The van der Waals surface area contributed by atoms with Gasteiger partial charge in [-0.2, -0.15) is 0 Å². The predicted octanol–water partition coefficient (Wildman–Crippen LogP) is -0.440. The molecule has 8 heteroatoms. The van der Waals surface area contributed by atoms with Crippen molar-refractivity contribution in [1.29, 1.82) is 0 Å². The molecule has 0 saturated carbocycles. The SMILES string of the molecule is CNS(=O)(=O)CCNC(=O)c1ccc(NN)cc1C. The maximum Gasteiger partial charge on any atom is 0.251 e. The van der Waals surface area contributed by atoms with Crippen molar-refractivity contribution in [3.63, 3.8) is 0 Å². The molecule has 1 rings (SSSR count). The van der Waals surface area contributed by atoms with Crippen LogP contribution < -0.4 is 21.3 Å². The van der Waals surface area contributed by atoms with E-state index >= 15 is 0 Å². The summed E-state index contributed by atoms with van der Waals surface area (Å²) in [6, 6.07) is 5.04. The van der Waals surface area contributed by atoms with Gasteiger partial charge in [-0.15, -0.1) is 0 Å². The van der Waals surface area contributed by atoms with E-state index in [-0.39, 0.29) is 18.2 Å². The molecule has 106 valence electrons. The molecule has 0 aromatic heterocycles. The molecule has 0 aliphatic carbocycles. The molecule has 0 atom stereocenters. The highest BCUT2D eigenvalue weighted by atomic mass is 32.2. The van der Waals surface area contributed by atoms with Gasteiger partial charge in [0.25, 0.3) is 5.91 Å². The number of benzene rings is 1. The highest BCUT2D eigenvalue weighted by Gasteiger charge is 2.11. The lowest BCUT2D eigenvalue weighted by atomic mass is 10.1. The molecule has 0 unspecified atom stereocenters. The second-order valence-electron chi connectivity index (χ2n) is 3.95. The Morgan fingerprint density at radius 3 is 2.58 bits per heavy atom. The third kappa shape index (κ3) is 4.51. The lowest BCUT2D eigenvalue weighted by Gasteiger charge is -2.09. The molecule has 1 aromatic rings. The van der Waals surface area contributed by atoms with Crippen molar-refractivity contribution in [2.45, 2.75) is 6.92 Å². The number of nitrogen functional groups attached to an aromatic ring is 1. The molecule has 0 aliphatic heterocycles. The molecule has 0 aliphatic rings. The summed E-state index contributed by atoms with van der Waals surface area (Å²) >= 11 is 0. The minimum absolute atomic E-state index is 0.0539. The molecule has 5 N–H and O–H groups in total. The highest BCUT2D eigenvalue weighted by Crippen LogP contribution is 2.13. The van der Waals surface area contributed by atoms with Crippen LogP contribution in [0.1, 0.15) is 15.9 Å². The van der Waals surface area contributed by atoms with Gasteiger partial charge in [-0.1, -0.05) is 0 Å². The van der Waals surface area contributed by atoms with Crippen LogP contribution in [-0.2, 0) is 10.0 Å². The third-order valence-corrected chi connectivity index (χ3v) is 3.97. The number of hydrogen-bond acceptors (Lipinski definition) is 5.